The van der Waals surface area contributed by atoms with Crippen LogP contribution in [0.5, 0.6) is 0 Å². The van der Waals surface area contributed by atoms with E-state index in [1.165, 1.54) is 0 Å². The largest absolute Gasteiger partial charge is 0.399 e. The molecule has 0 unspecified atom stereocenters. The van der Waals surface area contributed by atoms with Crippen LogP contribution < -0.4 is 11.1 Å². The minimum Gasteiger partial charge on any atom is -0.399 e. The zero-order valence-electron chi connectivity index (χ0n) is 9.53. The van der Waals surface area contributed by atoms with Gasteiger partial charge >= 0.3 is 0 Å². The van der Waals surface area contributed by atoms with Gasteiger partial charge in [0.1, 0.15) is 0 Å². The van der Waals surface area contributed by atoms with Crippen molar-refractivity contribution in [2.45, 2.75) is 13.0 Å². The van der Waals surface area contributed by atoms with Gasteiger partial charge in [-0.3, -0.25) is 4.79 Å². The van der Waals surface area contributed by atoms with E-state index >= 15 is 0 Å². The second-order valence-corrected chi connectivity index (χ2v) is 4.06. The van der Waals surface area contributed by atoms with E-state index in [-0.39, 0.29) is 18.6 Å². The Bertz CT molecular complexity index is 548. The van der Waals surface area contributed by atoms with Crippen LogP contribution in [-0.4, -0.2) is 28.6 Å². The number of aromatic nitrogens is 1. The third-order valence-corrected chi connectivity index (χ3v) is 2.60. The molecule has 0 aliphatic carbocycles. The lowest BCUT2D eigenvalue weighted by Gasteiger charge is -2.09. The molecule has 0 saturated carbocycles. The number of rotatable bonds is 3. The Kier molecular flexibility index (Phi) is 3.01. The third-order valence-electron chi connectivity index (χ3n) is 2.60. The molecule has 1 aromatic carbocycles. The minimum atomic E-state index is -0.263. The van der Waals surface area contributed by atoms with Gasteiger partial charge in [0.05, 0.1) is 12.2 Å². The quantitative estimate of drug-likeness (QED) is 0.592. The number of fused-ring (bicyclic) bond motifs is 1. The van der Waals surface area contributed by atoms with Gasteiger partial charge in [-0.05, 0) is 25.1 Å². The molecule has 0 radical (unpaired) electrons. The number of H-pyrrole nitrogens is 1. The van der Waals surface area contributed by atoms with Crippen LogP contribution in [0.15, 0.2) is 24.4 Å². The van der Waals surface area contributed by atoms with Crippen LogP contribution in [0, 0.1) is 0 Å². The average Bonchev–Trinajstić information content (AvgIpc) is 2.71. The predicted octanol–water partition coefficient (Wildman–Crippen LogP) is 0.861. The molecule has 2 rings (SSSR count). The highest BCUT2D eigenvalue weighted by Crippen LogP contribution is 2.20. The number of aromatic amines is 1. The molecule has 0 fully saturated rings. The molecule has 1 heterocycles. The Morgan fingerprint density at radius 2 is 2.35 bits per heavy atom. The van der Waals surface area contributed by atoms with Gasteiger partial charge in [-0.15, -0.1) is 0 Å². The molecule has 2 aromatic rings. The number of hydrogen-bond donors (Lipinski definition) is 4. The van der Waals surface area contributed by atoms with Crippen molar-refractivity contribution in [2.24, 2.45) is 0 Å². The van der Waals surface area contributed by atoms with Crippen LogP contribution in [0.4, 0.5) is 5.69 Å². The summed E-state index contributed by atoms with van der Waals surface area (Å²) in [7, 11) is 0. The number of aliphatic hydroxyl groups excluding tert-OH is 1. The first-order chi connectivity index (χ1) is 8.11. The number of nitrogen functional groups attached to an aromatic ring is 1. The molecule has 1 atom stereocenters. The zero-order valence-corrected chi connectivity index (χ0v) is 9.53. The van der Waals surface area contributed by atoms with Gasteiger partial charge in [-0.1, -0.05) is 0 Å². The van der Waals surface area contributed by atoms with E-state index in [2.05, 4.69) is 10.3 Å². The number of carbonyl (C=O) groups is 1. The smallest absolute Gasteiger partial charge is 0.253 e. The van der Waals surface area contributed by atoms with Crippen molar-refractivity contribution in [3.8, 4) is 0 Å². The molecule has 0 aliphatic heterocycles. The first kappa shape index (κ1) is 11.5. The van der Waals surface area contributed by atoms with Gasteiger partial charge in [0.25, 0.3) is 5.91 Å². The maximum Gasteiger partial charge on any atom is 0.253 e. The molecule has 5 heteroatoms. The monoisotopic (exact) mass is 233 g/mol. The molecular weight excluding hydrogens is 218 g/mol. The number of amides is 1. The van der Waals surface area contributed by atoms with E-state index in [4.69, 9.17) is 10.8 Å². The summed E-state index contributed by atoms with van der Waals surface area (Å²) in [5.41, 5.74) is 7.69. The molecule has 1 amide bonds. The summed E-state index contributed by atoms with van der Waals surface area (Å²) in [6.07, 6.45) is 1.64. The standard InChI is InChI=1S/C12H15N3O2/c1-7(6-16)15-12(17)10-5-14-11-4-8(13)2-3-9(10)11/h2-5,7,14,16H,6,13H2,1H3,(H,15,17)/t7-/m0/s1. The lowest BCUT2D eigenvalue weighted by atomic mass is 10.1. The van der Waals surface area contributed by atoms with Crippen LogP contribution in [0.1, 0.15) is 17.3 Å². The third kappa shape index (κ3) is 2.24. The van der Waals surface area contributed by atoms with Gasteiger partial charge in [0, 0.05) is 28.8 Å². The summed E-state index contributed by atoms with van der Waals surface area (Å²) in [5.74, 6) is -0.206. The fourth-order valence-electron chi connectivity index (χ4n) is 1.68. The van der Waals surface area contributed by atoms with Crippen LogP contribution in [-0.2, 0) is 0 Å². The fraction of sp³-hybridized carbons (Fsp3) is 0.250. The molecule has 0 spiro atoms. The van der Waals surface area contributed by atoms with Gasteiger partial charge in [-0.2, -0.15) is 0 Å². The molecule has 17 heavy (non-hydrogen) atoms. The molecule has 0 aliphatic rings. The number of anilines is 1. The summed E-state index contributed by atoms with van der Waals surface area (Å²) in [6, 6.07) is 5.07. The first-order valence-corrected chi connectivity index (χ1v) is 5.40. The SMILES string of the molecule is C[C@@H](CO)NC(=O)c1c[nH]c2cc(N)ccc12. The first-order valence-electron chi connectivity index (χ1n) is 5.40. The van der Waals surface area contributed by atoms with Crippen LogP contribution >= 0.6 is 0 Å². The van der Waals surface area contributed by atoms with E-state index < -0.39 is 0 Å². The number of benzene rings is 1. The Hall–Kier alpha value is -2.01. The van der Waals surface area contributed by atoms with Crippen LogP contribution in [0.3, 0.4) is 0 Å². The summed E-state index contributed by atoms with van der Waals surface area (Å²) in [5, 5.41) is 12.4. The normalized spacial score (nSPS) is 12.6. The fourth-order valence-corrected chi connectivity index (χ4v) is 1.68. The Morgan fingerprint density at radius 1 is 1.59 bits per heavy atom. The summed E-state index contributed by atoms with van der Waals surface area (Å²) in [4.78, 5) is 14.9. The van der Waals surface area contributed by atoms with Gasteiger partial charge in [-0.25, -0.2) is 0 Å². The number of nitrogens with one attached hydrogen (secondary N) is 2. The van der Waals surface area contributed by atoms with E-state index in [0.29, 0.717) is 11.3 Å². The lowest BCUT2D eigenvalue weighted by Crippen LogP contribution is -2.34. The Morgan fingerprint density at radius 3 is 3.06 bits per heavy atom. The van der Waals surface area contributed by atoms with Crippen LogP contribution in [0.25, 0.3) is 10.9 Å². The summed E-state index contributed by atoms with van der Waals surface area (Å²) < 4.78 is 0. The van der Waals surface area contributed by atoms with Crippen molar-refractivity contribution >= 4 is 22.5 Å². The van der Waals surface area contributed by atoms with Gasteiger partial charge in [0.2, 0.25) is 0 Å². The number of nitrogens with two attached hydrogens (primary N) is 1. The average molecular weight is 233 g/mol. The molecule has 1 aromatic heterocycles. The minimum absolute atomic E-state index is 0.0823. The van der Waals surface area contributed by atoms with Crippen molar-refractivity contribution in [1.29, 1.82) is 0 Å². The molecular formula is C12H15N3O2. The molecule has 0 saturated heterocycles. The van der Waals surface area contributed by atoms with Gasteiger partial charge in [0.15, 0.2) is 0 Å². The summed E-state index contributed by atoms with van der Waals surface area (Å²) >= 11 is 0. The molecule has 90 valence electrons. The highest BCUT2D eigenvalue weighted by molar-refractivity contribution is 6.07. The Labute approximate surface area is 98.6 Å². The van der Waals surface area contributed by atoms with Crippen molar-refractivity contribution in [1.82, 2.24) is 10.3 Å². The van der Waals surface area contributed by atoms with E-state index in [9.17, 15) is 4.79 Å². The van der Waals surface area contributed by atoms with E-state index in [1.807, 2.05) is 0 Å². The van der Waals surface area contributed by atoms with Crippen molar-refractivity contribution in [2.75, 3.05) is 12.3 Å². The highest BCUT2D eigenvalue weighted by Gasteiger charge is 2.13. The topological polar surface area (TPSA) is 91.1 Å². The number of carbonyl (C=O) groups excluding carboxylic acids is 1. The van der Waals surface area contributed by atoms with E-state index in [1.54, 1.807) is 31.3 Å². The maximum absolute atomic E-state index is 11.9. The molecule has 0 bridgehead atoms. The maximum atomic E-state index is 11.9. The second kappa shape index (κ2) is 4.47. The number of hydrogen-bond acceptors (Lipinski definition) is 3. The van der Waals surface area contributed by atoms with Crippen LogP contribution in [0.2, 0.25) is 0 Å². The van der Waals surface area contributed by atoms with Crippen molar-refractivity contribution in [3.63, 3.8) is 0 Å². The zero-order chi connectivity index (χ0) is 12.4. The summed E-state index contributed by atoms with van der Waals surface area (Å²) in [6.45, 7) is 1.66. The van der Waals surface area contributed by atoms with Crippen molar-refractivity contribution < 1.29 is 9.90 Å². The molecule has 5 nitrogen and oxygen atoms in total. The Balaban J connectivity index is 2.33. The number of aliphatic hydroxyl groups is 1. The van der Waals surface area contributed by atoms with Gasteiger partial charge < -0.3 is 21.1 Å². The highest BCUT2D eigenvalue weighted by atomic mass is 16.3. The lowest BCUT2D eigenvalue weighted by molar-refractivity contribution is 0.0924. The van der Waals surface area contributed by atoms with Crippen molar-refractivity contribution in [3.05, 3.63) is 30.0 Å². The second-order valence-electron chi connectivity index (χ2n) is 4.06. The van der Waals surface area contributed by atoms with E-state index in [0.717, 1.165) is 10.9 Å². The molecule has 5 N–H and O–H groups in total. The predicted molar refractivity (Wildman–Crippen MR) is 66.7 cm³/mol.